The Hall–Kier alpha value is -2.18. The number of nitrogens with zero attached hydrogens (tertiary/aromatic N) is 1. The molecule has 2 aromatic carbocycles. The summed E-state index contributed by atoms with van der Waals surface area (Å²) in [5.74, 6) is -0.258. The van der Waals surface area contributed by atoms with Gasteiger partial charge in [-0.05, 0) is 61.1 Å². The molecular weight excluding hydrogens is 372 g/mol. The standard InChI is InChI=1S/C19H19ClN2O3S/c1-25-19(24)22-9-3-4-12-10-13(5-8-17(12)22)21-18(23)15-11-14(26-2)6-7-16(15)20/h5-8,10-11H,3-4,9H2,1-2H3,(H,21,23). The summed E-state index contributed by atoms with van der Waals surface area (Å²) < 4.78 is 4.83. The van der Waals surface area contributed by atoms with Crippen LogP contribution >= 0.6 is 23.4 Å². The topological polar surface area (TPSA) is 58.6 Å². The van der Waals surface area contributed by atoms with E-state index in [-0.39, 0.29) is 12.0 Å². The molecule has 0 saturated heterocycles. The Balaban J connectivity index is 1.83. The molecule has 0 unspecified atom stereocenters. The molecule has 1 heterocycles. The number of carbonyl (C=O) groups is 2. The third-order valence-electron chi connectivity index (χ3n) is 4.27. The molecule has 1 aliphatic rings. The molecule has 136 valence electrons. The number of hydrogen-bond acceptors (Lipinski definition) is 4. The minimum absolute atomic E-state index is 0.258. The number of fused-ring (bicyclic) bond motifs is 1. The van der Waals surface area contributed by atoms with E-state index in [1.165, 1.54) is 7.11 Å². The number of hydrogen-bond donors (Lipinski definition) is 1. The van der Waals surface area contributed by atoms with Gasteiger partial charge in [0, 0.05) is 17.1 Å². The number of anilines is 2. The van der Waals surface area contributed by atoms with Gasteiger partial charge in [0.15, 0.2) is 0 Å². The summed E-state index contributed by atoms with van der Waals surface area (Å²) in [5.41, 5.74) is 2.94. The SMILES string of the molecule is COC(=O)N1CCCc2cc(NC(=O)c3cc(SC)ccc3Cl)ccc21. The van der Waals surface area contributed by atoms with Gasteiger partial charge in [-0.3, -0.25) is 9.69 Å². The summed E-state index contributed by atoms with van der Waals surface area (Å²) in [6.07, 6.45) is 3.26. The third kappa shape index (κ3) is 3.81. The summed E-state index contributed by atoms with van der Waals surface area (Å²) >= 11 is 7.72. The van der Waals surface area contributed by atoms with Crippen molar-refractivity contribution in [3.8, 4) is 0 Å². The van der Waals surface area contributed by atoms with Gasteiger partial charge < -0.3 is 10.1 Å². The number of nitrogens with one attached hydrogen (secondary N) is 1. The highest BCUT2D eigenvalue weighted by Gasteiger charge is 2.23. The minimum Gasteiger partial charge on any atom is -0.452 e. The molecule has 0 fully saturated rings. The van der Waals surface area contributed by atoms with Crippen molar-refractivity contribution in [3.05, 3.63) is 52.5 Å². The average Bonchev–Trinajstić information content (AvgIpc) is 2.67. The number of aryl methyl sites for hydroxylation is 1. The molecule has 0 spiro atoms. The number of ether oxygens (including phenoxy) is 1. The molecule has 5 nitrogen and oxygen atoms in total. The highest BCUT2D eigenvalue weighted by molar-refractivity contribution is 7.98. The predicted molar refractivity (Wildman–Crippen MR) is 106 cm³/mol. The van der Waals surface area contributed by atoms with Gasteiger partial charge in [0.25, 0.3) is 5.91 Å². The minimum atomic E-state index is -0.372. The molecular formula is C19H19ClN2O3S. The first-order chi connectivity index (χ1) is 12.5. The Morgan fingerprint density at radius 3 is 2.77 bits per heavy atom. The van der Waals surface area contributed by atoms with Gasteiger partial charge in [-0.25, -0.2) is 4.79 Å². The first-order valence-electron chi connectivity index (χ1n) is 8.17. The maximum absolute atomic E-state index is 12.6. The Morgan fingerprint density at radius 2 is 2.04 bits per heavy atom. The van der Waals surface area contributed by atoms with E-state index in [4.69, 9.17) is 16.3 Å². The van der Waals surface area contributed by atoms with E-state index in [2.05, 4.69) is 5.32 Å². The van der Waals surface area contributed by atoms with Crippen LogP contribution in [-0.4, -0.2) is 31.9 Å². The Bertz CT molecular complexity index is 857. The maximum atomic E-state index is 12.6. The second-order valence-electron chi connectivity index (χ2n) is 5.87. The van der Waals surface area contributed by atoms with Gasteiger partial charge in [0.05, 0.1) is 23.4 Å². The van der Waals surface area contributed by atoms with E-state index in [0.717, 1.165) is 29.0 Å². The smallest absolute Gasteiger partial charge is 0.414 e. The average molecular weight is 391 g/mol. The van der Waals surface area contributed by atoms with Crippen LogP contribution in [0.3, 0.4) is 0 Å². The molecule has 0 atom stereocenters. The van der Waals surface area contributed by atoms with Crippen molar-refractivity contribution in [1.82, 2.24) is 0 Å². The number of halogens is 1. The lowest BCUT2D eigenvalue weighted by atomic mass is 10.0. The van der Waals surface area contributed by atoms with E-state index in [1.54, 1.807) is 34.9 Å². The maximum Gasteiger partial charge on any atom is 0.414 e. The first kappa shape index (κ1) is 18.6. The number of rotatable bonds is 3. The van der Waals surface area contributed by atoms with Crippen LogP contribution in [0.25, 0.3) is 0 Å². The van der Waals surface area contributed by atoms with Crippen molar-refractivity contribution >= 4 is 46.7 Å². The Labute approximate surface area is 161 Å². The van der Waals surface area contributed by atoms with Gasteiger partial charge in [-0.1, -0.05) is 11.6 Å². The normalized spacial score (nSPS) is 13.1. The first-order valence-corrected chi connectivity index (χ1v) is 9.77. The lowest BCUT2D eigenvalue weighted by molar-refractivity contribution is 0.102. The fourth-order valence-electron chi connectivity index (χ4n) is 2.98. The van der Waals surface area contributed by atoms with Crippen molar-refractivity contribution in [2.45, 2.75) is 17.7 Å². The van der Waals surface area contributed by atoms with E-state index < -0.39 is 0 Å². The zero-order valence-electron chi connectivity index (χ0n) is 14.5. The molecule has 0 bridgehead atoms. The van der Waals surface area contributed by atoms with Gasteiger partial charge in [0.1, 0.15) is 0 Å². The predicted octanol–water partition coefficient (Wildman–Crippen LogP) is 4.83. The molecule has 2 amide bonds. The molecule has 0 radical (unpaired) electrons. The summed E-state index contributed by atoms with van der Waals surface area (Å²) in [7, 11) is 1.37. The number of methoxy groups -OCH3 is 1. The fourth-order valence-corrected chi connectivity index (χ4v) is 3.62. The number of amides is 2. The van der Waals surface area contributed by atoms with Crippen LogP contribution in [0, 0.1) is 0 Å². The van der Waals surface area contributed by atoms with E-state index in [9.17, 15) is 9.59 Å². The summed E-state index contributed by atoms with van der Waals surface area (Å²) in [6, 6.07) is 10.9. The molecule has 2 aromatic rings. The van der Waals surface area contributed by atoms with Crippen molar-refractivity contribution in [2.75, 3.05) is 30.1 Å². The van der Waals surface area contributed by atoms with E-state index >= 15 is 0 Å². The molecule has 1 aliphatic heterocycles. The van der Waals surface area contributed by atoms with Gasteiger partial charge >= 0.3 is 6.09 Å². The Kier molecular flexibility index (Phi) is 5.74. The largest absolute Gasteiger partial charge is 0.452 e. The van der Waals surface area contributed by atoms with E-state index in [0.29, 0.717) is 22.8 Å². The zero-order chi connectivity index (χ0) is 18.7. The van der Waals surface area contributed by atoms with E-state index in [1.807, 2.05) is 24.5 Å². The highest BCUT2D eigenvalue weighted by Crippen LogP contribution is 2.31. The second-order valence-corrected chi connectivity index (χ2v) is 7.16. The van der Waals surface area contributed by atoms with Crippen molar-refractivity contribution in [1.29, 1.82) is 0 Å². The molecule has 1 N–H and O–H groups in total. The highest BCUT2D eigenvalue weighted by atomic mass is 35.5. The number of thioether (sulfide) groups is 1. The van der Waals surface area contributed by atoms with Crippen molar-refractivity contribution < 1.29 is 14.3 Å². The quantitative estimate of drug-likeness (QED) is 0.762. The zero-order valence-corrected chi connectivity index (χ0v) is 16.1. The van der Waals surface area contributed by atoms with Gasteiger partial charge in [-0.2, -0.15) is 0 Å². The monoisotopic (exact) mass is 390 g/mol. The van der Waals surface area contributed by atoms with Crippen LogP contribution < -0.4 is 10.2 Å². The van der Waals surface area contributed by atoms with Crippen LogP contribution in [0.5, 0.6) is 0 Å². The van der Waals surface area contributed by atoms with Gasteiger partial charge in [-0.15, -0.1) is 11.8 Å². The second kappa shape index (κ2) is 8.01. The van der Waals surface area contributed by atoms with Crippen LogP contribution in [-0.2, 0) is 11.2 Å². The van der Waals surface area contributed by atoms with Crippen LogP contribution in [0.4, 0.5) is 16.2 Å². The summed E-state index contributed by atoms with van der Waals surface area (Å²) in [6.45, 7) is 0.627. The molecule has 7 heteroatoms. The van der Waals surface area contributed by atoms with Crippen LogP contribution in [0.1, 0.15) is 22.3 Å². The van der Waals surface area contributed by atoms with Crippen molar-refractivity contribution in [3.63, 3.8) is 0 Å². The number of carbonyl (C=O) groups excluding carboxylic acids is 2. The summed E-state index contributed by atoms with van der Waals surface area (Å²) in [4.78, 5) is 27.1. The van der Waals surface area contributed by atoms with Crippen molar-refractivity contribution in [2.24, 2.45) is 0 Å². The lowest BCUT2D eigenvalue weighted by Gasteiger charge is -2.28. The fraction of sp³-hybridized carbons (Fsp3) is 0.263. The number of benzene rings is 2. The Morgan fingerprint density at radius 1 is 1.23 bits per heavy atom. The van der Waals surface area contributed by atoms with Crippen LogP contribution in [0.2, 0.25) is 5.02 Å². The molecule has 3 rings (SSSR count). The molecule has 26 heavy (non-hydrogen) atoms. The summed E-state index contributed by atoms with van der Waals surface area (Å²) in [5, 5.41) is 3.30. The van der Waals surface area contributed by atoms with Gasteiger partial charge in [0.2, 0.25) is 0 Å². The molecule has 0 aliphatic carbocycles. The lowest BCUT2D eigenvalue weighted by Crippen LogP contribution is -2.35. The third-order valence-corrected chi connectivity index (χ3v) is 5.32. The van der Waals surface area contributed by atoms with Crippen LogP contribution in [0.15, 0.2) is 41.3 Å². The molecule has 0 saturated carbocycles. The molecule has 0 aromatic heterocycles.